The predicted molar refractivity (Wildman–Crippen MR) is 130 cm³/mol. The molecule has 0 fully saturated rings. The molecule has 0 aliphatic carbocycles. The molecule has 0 N–H and O–H groups in total. The first-order chi connectivity index (χ1) is 15.1. The number of pyridine rings is 1. The predicted octanol–water partition coefficient (Wildman–Crippen LogP) is 4.45. The van der Waals surface area contributed by atoms with Crippen LogP contribution in [-0.2, 0) is 9.47 Å². The lowest BCUT2D eigenvalue weighted by atomic mass is 9.89. The Morgan fingerprint density at radius 1 is 1.06 bits per heavy atom. The summed E-state index contributed by atoms with van der Waals surface area (Å²) >= 11 is 0. The van der Waals surface area contributed by atoms with Gasteiger partial charge in [0.1, 0.15) is 24.6 Å². The zero-order chi connectivity index (χ0) is 24.9. The third-order valence-corrected chi connectivity index (χ3v) is 4.78. The standard InChI is InChI=1S/C24H30BN3O5/c1-13-10-14-17-15(25)11-16(27(8)21(29)32-23(2,3)4)19(31-9)18(17)28(20(14)26-12-13)22(30)33-24(5,6)7/h10-12H,1-9H3. The van der Waals surface area contributed by atoms with Gasteiger partial charge in [0, 0.05) is 24.0 Å². The highest BCUT2D eigenvalue weighted by atomic mass is 16.6. The number of aromatic nitrogens is 2. The van der Waals surface area contributed by atoms with Gasteiger partial charge in [-0.2, -0.15) is 0 Å². The fraction of sp³-hybridized carbons (Fsp3) is 0.458. The smallest absolute Gasteiger partial charge is 0.420 e. The van der Waals surface area contributed by atoms with E-state index in [1.165, 1.54) is 16.6 Å². The van der Waals surface area contributed by atoms with Crippen LogP contribution in [0.25, 0.3) is 21.9 Å². The molecule has 0 atom stereocenters. The van der Waals surface area contributed by atoms with Gasteiger partial charge in [-0.15, -0.1) is 0 Å². The van der Waals surface area contributed by atoms with Gasteiger partial charge in [-0.25, -0.2) is 19.1 Å². The lowest BCUT2D eigenvalue weighted by Gasteiger charge is -2.26. The van der Waals surface area contributed by atoms with Crippen LogP contribution in [0.3, 0.4) is 0 Å². The molecule has 0 saturated heterocycles. The molecule has 2 radical (unpaired) electrons. The average Bonchev–Trinajstić information content (AvgIpc) is 2.99. The molecule has 0 unspecified atom stereocenters. The molecule has 0 aliphatic heterocycles. The Morgan fingerprint density at radius 3 is 2.21 bits per heavy atom. The van der Waals surface area contributed by atoms with Gasteiger partial charge in [-0.1, -0.05) is 5.46 Å². The molecular weight excluding hydrogens is 421 g/mol. The van der Waals surface area contributed by atoms with Crippen LogP contribution >= 0.6 is 0 Å². The zero-order valence-electron chi connectivity index (χ0n) is 20.7. The van der Waals surface area contributed by atoms with Crippen LogP contribution in [0.5, 0.6) is 5.75 Å². The van der Waals surface area contributed by atoms with Crippen molar-refractivity contribution in [3.63, 3.8) is 0 Å². The van der Waals surface area contributed by atoms with Gasteiger partial charge in [-0.05, 0) is 66.2 Å². The molecule has 2 aromatic heterocycles. The lowest BCUT2D eigenvalue weighted by Crippen LogP contribution is -2.35. The van der Waals surface area contributed by atoms with E-state index in [2.05, 4.69) is 4.98 Å². The Bertz CT molecular complexity index is 1250. The van der Waals surface area contributed by atoms with Gasteiger partial charge in [0.2, 0.25) is 0 Å². The van der Waals surface area contributed by atoms with E-state index >= 15 is 0 Å². The van der Waals surface area contributed by atoms with Crippen molar-refractivity contribution in [2.45, 2.75) is 59.7 Å². The van der Waals surface area contributed by atoms with Crippen LogP contribution < -0.4 is 15.1 Å². The molecule has 0 saturated carbocycles. The van der Waals surface area contributed by atoms with E-state index in [1.807, 2.05) is 13.0 Å². The molecule has 0 bridgehead atoms. The first-order valence-corrected chi connectivity index (χ1v) is 10.6. The first-order valence-electron chi connectivity index (χ1n) is 10.6. The van der Waals surface area contributed by atoms with Crippen LogP contribution in [-0.4, -0.2) is 54.9 Å². The van der Waals surface area contributed by atoms with Crippen LogP contribution in [0.15, 0.2) is 18.3 Å². The van der Waals surface area contributed by atoms with E-state index < -0.39 is 23.4 Å². The first kappa shape index (κ1) is 24.4. The highest BCUT2D eigenvalue weighted by Crippen LogP contribution is 2.40. The zero-order valence-corrected chi connectivity index (χ0v) is 20.7. The molecule has 0 aliphatic rings. The highest BCUT2D eigenvalue weighted by Gasteiger charge is 2.30. The van der Waals surface area contributed by atoms with Gasteiger partial charge in [0.15, 0.2) is 11.4 Å². The summed E-state index contributed by atoms with van der Waals surface area (Å²) in [6.45, 7) is 12.6. The SMILES string of the molecule is [B]c1cc(N(C)C(=O)OC(C)(C)C)c(OC)c2c1c1cc(C)cnc1n2C(=O)OC(C)(C)C. The molecule has 9 heteroatoms. The van der Waals surface area contributed by atoms with Crippen molar-refractivity contribution in [3.05, 3.63) is 23.9 Å². The maximum atomic E-state index is 13.3. The number of methoxy groups -OCH3 is 1. The van der Waals surface area contributed by atoms with Crippen molar-refractivity contribution >= 4 is 53.1 Å². The number of nitrogens with zero attached hydrogens (tertiary/aromatic N) is 3. The number of hydrogen-bond acceptors (Lipinski definition) is 6. The number of ether oxygens (including phenoxy) is 3. The molecule has 3 aromatic rings. The topological polar surface area (TPSA) is 82.9 Å². The van der Waals surface area contributed by atoms with E-state index in [-0.39, 0.29) is 5.75 Å². The maximum absolute atomic E-state index is 13.3. The summed E-state index contributed by atoms with van der Waals surface area (Å²) in [6.07, 6.45) is 0.445. The fourth-order valence-corrected chi connectivity index (χ4v) is 3.55. The maximum Gasteiger partial charge on any atom is 0.420 e. The minimum Gasteiger partial charge on any atom is -0.492 e. The molecule has 174 valence electrons. The molecule has 33 heavy (non-hydrogen) atoms. The van der Waals surface area contributed by atoms with E-state index in [4.69, 9.17) is 22.1 Å². The molecule has 0 spiro atoms. The van der Waals surface area contributed by atoms with Crippen LogP contribution in [0, 0.1) is 6.92 Å². The Labute approximate surface area is 195 Å². The van der Waals surface area contributed by atoms with E-state index in [0.29, 0.717) is 33.1 Å². The second kappa shape index (κ2) is 8.28. The number of hydrogen-bond donors (Lipinski definition) is 0. The number of amides is 1. The van der Waals surface area contributed by atoms with Crippen molar-refractivity contribution in [1.29, 1.82) is 0 Å². The lowest BCUT2D eigenvalue weighted by molar-refractivity contribution is 0.0548. The summed E-state index contributed by atoms with van der Waals surface area (Å²) in [5.41, 5.74) is 0.920. The molecule has 3 rings (SSSR count). The molecule has 2 heterocycles. The van der Waals surface area contributed by atoms with Crippen molar-refractivity contribution in [1.82, 2.24) is 9.55 Å². The van der Waals surface area contributed by atoms with Gasteiger partial charge in [-0.3, -0.25) is 4.90 Å². The minimum absolute atomic E-state index is 0.272. The number of aryl methyl sites for hydroxylation is 1. The second-order valence-electron chi connectivity index (χ2n) is 9.98. The Kier molecular flexibility index (Phi) is 6.13. The average molecular weight is 451 g/mol. The number of benzene rings is 1. The van der Waals surface area contributed by atoms with Crippen molar-refractivity contribution in [2.75, 3.05) is 19.1 Å². The normalized spacial score (nSPS) is 12.2. The van der Waals surface area contributed by atoms with Crippen LogP contribution in [0.4, 0.5) is 15.3 Å². The van der Waals surface area contributed by atoms with E-state index in [1.54, 1.807) is 60.9 Å². The molecule has 1 aromatic carbocycles. The summed E-state index contributed by atoms with van der Waals surface area (Å²) in [6, 6.07) is 3.53. The van der Waals surface area contributed by atoms with E-state index in [9.17, 15) is 9.59 Å². The molecule has 1 amide bonds. The van der Waals surface area contributed by atoms with Gasteiger partial charge >= 0.3 is 12.2 Å². The molecular formula is C24H30BN3O5. The third-order valence-electron chi connectivity index (χ3n) is 4.78. The Hall–Kier alpha value is -3.23. The van der Waals surface area contributed by atoms with Gasteiger partial charge in [0.05, 0.1) is 12.8 Å². The van der Waals surface area contributed by atoms with Gasteiger partial charge in [0.25, 0.3) is 0 Å². The number of carbonyl (C=O) groups excluding carboxylic acids is 2. The van der Waals surface area contributed by atoms with Crippen molar-refractivity contribution < 1.29 is 23.8 Å². The highest BCUT2D eigenvalue weighted by molar-refractivity contribution is 6.43. The number of rotatable bonds is 2. The van der Waals surface area contributed by atoms with Crippen LogP contribution in [0.2, 0.25) is 0 Å². The number of carbonyl (C=O) groups is 2. The minimum atomic E-state index is -0.742. The van der Waals surface area contributed by atoms with Crippen LogP contribution in [0.1, 0.15) is 47.1 Å². The summed E-state index contributed by atoms with van der Waals surface area (Å²) in [5, 5.41) is 1.27. The summed E-state index contributed by atoms with van der Waals surface area (Å²) in [5.74, 6) is 0.272. The third kappa shape index (κ3) is 4.77. The van der Waals surface area contributed by atoms with Gasteiger partial charge < -0.3 is 14.2 Å². The number of anilines is 1. The number of fused-ring (bicyclic) bond motifs is 3. The monoisotopic (exact) mass is 451 g/mol. The summed E-state index contributed by atoms with van der Waals surface area (Å²) < 4.78 is 18.2. The summed E-state index contributed by atoms with van der Waals surface area (Å²) in [7, 11) is 9.50. The second-order valence-corrected chi connectivity index (χ2v) is 9.98. The Morgan fingerprint density at radius 2 is 1.67 bits per heavy atom. The van der Waals surface area contributed by atoms with Crippen molar-refractivity contribution in [2.24, 2.45) is 0 Å². The fourth-order valence-electron chi connectivity index (χ4n) is 3.55. The van der Waals surface area contributed by atoms with E-state index in [0.717, 1.165) is 5.56 Å². The molecule has 8 nitrogen and oxygen atoms in total. The van der Waals surface area contributed by atoms with Crippen molar-refractivity contribution in [3.8, 4) is 5.75 Å². The summed E-state index contributed by atoms with van der Waals surface area (Å²) in [4.78, 5) is 31.9. The quantitative estimate of drug-likeness (QED) is 0.536. The Balaban J connectivity index is 2.39. The largest absolute Gasteiger partial charge is 0.492 e.